The van der Waals surface area contributed by atoms with Crippen molar-refractivity contribution in [3.63, 3.8) is 0 Å². The van der Waals surface area contributed by atoms with E-state index in [-0.39, 0.29) is 24.4 Å². The zero-order valence-corrected chi connectivity index (χ0v) is 14.2. The number of hydrogen-bond acceptors (Lipinski definition) is 3. The summed E-state index contributed by atoms with van der Waals surface area (Å²) in [7, 11) is 0. The van der Waals surface area contributed by atoms with Gasteiger partial charge in [0.2, 0.25) is 0 Å². The van der Waals surface area contributed by atoms with Crippen LogP contribution >= 0.6 is 0 Å². The Balaban J connectivity index is 1.88. The third-order valence-corrected chi connectivity index (χ3v) is 4.95. The Kier molecular flexibility index (Phi) is 4.39. The minimum Gasteiger partial charge on any atom is -0.394 e. The van der Waals surface area contributed by atoms with Crippen molar-refractivity contribution in [2.45, 2.75) is 18.9 Å². The van der Waals surface area contributed by atoms with Gasteiger partial charge in [-0.1, -0.05) is 30.3 Å². The van der Waals surface area contributed by atoms with Crippen LogP contribution in [-0.2, 0) is 0 Å². The maximum Gasteiger partial charge on any atom is 0.254 e. The number of pyridine rings is 1. The number of para-hydroxylation sites is 1. The van der Waals surface area contributed by atoms with Crippen molar-refractivity contribution in [2.24, 2.45) is 0 Å². The van der Waals surface area contributed by atoms with Crippen LogP contribution in [-0.4, -0.2) is 40.1 Å². The third kappa shape index (κ3) is 2.84. The van der Waals surface area contributed by atoms with Crippen LogP contribution in [0.5, 0.6) is 0 Å². The van der Waals surface area contributed by atoms with Crippen molar-refractivity contribution in [1.29, 1.82) is 0 Å². The molecule has 1 aliphatic heterocycles. The van der Waals surface area contributed by atoms with E-state index >= 15 is 0 Å². The number of nitrogens with zero attached hydrogens (tertiary/aromatic N) is 2. The molecule has 0 unspecified atom stereocenters. The second kappa shape index (κ2) is 6.84. The highest BCUT2D eigenvalue weighted by atomic mass is 19.1. The molecule has 1 aliphatic rings. The molecule has 1 N–H and O–H groups in total. The second-order valence-electron chi connectivity index (χ2n) is 6.53. The van der Waals surface area contributed by atoms with Gasteiger partial charge in [-0.25, -0.2) is 9.37 Å². The Bertz CT molecular complexity index is 973. The van der Waals surface area contributed by atoms with Crippen molar-refractivity contribution >= 4 is 16.8 Å². The van der Waals surface area contributed by atoms with Crippen LogP contribution < -0.4 is 0 Å². The molecule has 1 atom stereocenters. The molecule has 0 saturated carbocycles. The summed E-state index contributed by atoms with van der Waals surface area (Å²) in [4.78, 5) is 19.5. The van der Waals surface area contributed by atoms with Crippen LogP contribution in [0.25, 0.3) is 22.2 Å². The van der Waals surface area contributed by atoms with E-state index < -0.39 is 0 Å². The standard InChI is InChI=1S/C21H19FN2O2/c22-18-9-3-1-8-16(18)20-12-17(15-7-2-4-10-19(15)23-20)21(26)24-11-5-6-14(24)13-25/h1-4,7-10,12,14,25H,5-6,11,13H2/t14-/m0/s1. The van der Waals surface area contributed by atoms with Gasteiger partial charge in [0.25, 0.3) is 5.91 Å². The predicted molar refractivity (Wildman–Crippen MR) is 98.3 cm³/mol. The van der Waals surface area contributed by atoms with Crippen LogP contribution in [0.1, 0.15) is 23.2 Å². The summed E-state index contributed by atoms with van der Waals surface area (Å²) in [6, 6.07) is 15.3. The average Bonchev–Trinajstić information content (AvgIpc) is 3.16. The second-order valence-corrected chi connectivity index (χ2v) is 6.53. The largest absolute Gasteiger partial charge is 0.394 e. The number of aromatic nitrogens is 1. The smallest absolute Gasteiger partial charge is 0.254 e. The number of fused-ring (bicyclic) bond motifs is 1. The van der Waals surface area contributed by atoms with E-state index in [1.54, 1.807) is 29.2 Å². The molecule has 4 rings (SSSR count). The number of aliphatic hydroxyl groups is 1. The molecular formula is C21H19FN2O2. The van der Waals surface area contributed by atoms with Crippen LogP contribution in [0.3, 0.4) is 0 Å². The summed E-state index contributed by atoms with van der Waals surface area (Å²) < 4.78 is 14.3. The number of carbonyl (C=O) groups excluding carboxylic acids is 1. The average molecular weight is 350 g/mol. The summed E-state index contributed by atoms with van der Waals surface area (Å²) in [5.74, 6) is -0.513. The highest BCUT2D eigenvalue weighted by Crippen LogP contribution is 2.29. The minimum atomic E-state index is -0.372. The number of benzene rings is 2. The Hall–Kier alpha value is -2.79. The fraction of sp³-hybridized carbons (Fsp3) is 0.238. The third-order valence-electron chi connectivity index (χ3n) is 4.95. The molecule has 1 amide bonds. The van der Waals surface area contributed by atoms with Gasteiger partial charge in [0, 0.05) is 17.5 Å². The molecule has 26 heavy (non-hydrogen) atoms. The van der Waals surface area contributed by atoms with E-state index in [1.807, 2.05) is 24.3 Å². The van der Waals surface area contributed by atoms with Gasteiger partial charge >= 0.3 is 0 Å². The number of aliphatic hydroxyl groups excluding tert-OH is 1. The number of hydrogen-bond donors (Lipinski definition) is 1. The van der Waals surface area contributed by atoms with E-state index in [0.717, 1.165) is 18.2 Å². The van der Waals surface area contributed by atoms with Gasteiger partial charge < -0.3 is 10.0 Å². The van der Waals surface area contributed by atoms with Gasteiger partial charge in [0.05, 0.1) is 29.4 Å². The summed E-state index contributed by atoms with van der Waals surface area (Å²) in [5, 5.41) is 10.3. The first kappa shape index (κ1) is 16.7. The summed E-state index contributed by atoms with van der Waals surface area (Å²) in [6.07, 6.45) is 1.67. The lowest BCUT2D eigenvalue weighted by atomic mass is 10.0. The highest BCUT2D eigenvalue weighted by Gasteiger charge is 2.30. The van der Waals surface area contributed by atoms with Gasteiger partial charge in [-0.05, 0) is 37.1 Å². The zero-order chi connectivity index (χ0) is 18.1. The molecule has 0 spiro atoms. The van der Waals surface area contributed by atoms with Gasteiger partial charge in [-0.15, -0.1) is 0 Å². The fourth-order valence-electron chi connectivity index (χ4n) is 3.61. The number of rotatable bonds is 3. The first-order valence-corrected chi connectivity index (χ1v) is 8.75. The van der Waals surface area contributed by atoms with Crippen LogP contribution in [0.2, 0.25) is 0 Å². The van der Waals surface area contributed by atoms with Crippen molar-refractivity contribution in [2.75, 3.05) is 13.2 Å². The molecule has 2 aromatic carbocycles. The molecule has 0 bridgehead atoms. The van der Waals surface area contributed by atoms with E-state index in [1.165, 1.54) is 6.07 Å². The first-order chi connectivity index (χ1) is 12.7. The molecule has 0 aliphatic carbocycles. The van der Waals surface area contributed by atoms with Gasteiger partial charge in [0.15, 0.2) is 0 Å². The quantitative estimate of drug-likeness (QED) is 0.785. The van der Waals surface area contributed by atoms with Gasteiger partial charge in [0.1, 0.15) is 5.82 Å². The Morgan fingerprint density at radius 3 is 2.77 bits per heavy atom. The van der Waals surface area contributed by atoms with Crippen LogP contribution in [0, 0.1) is 5.82 Å². The Labute approximate surface area is 150 Å². The van der Waals surface area contributed by atoms with E-state index in [4.69, 9.17) is 0 Å². The normalized spacial score (nSPS) is 17.0. The number of likely N-dealkylation sites (tertiary alicyclic amines) is 1. The lowest BCUT2D eigenvalue weighted by molar-refractivity contribution is 0.0679. The van der Waals surface area contributed by atoms with E-state index in [2.05, 4.69) is 4.98 Å². The molecule has 1 fully saturated rings. The maximum atomic E-state index is 14.3. The summed E-state index contributed by atoms with van der Waals surface area (Å²) >= 11 is 0. The van der Waals surface area contributed by atoms with Gasteiger partial charge in [-0.2, -0.15) is 0 Å². The molecule has 3 aromatic rings. The molecule has 132 valence electrons. The fourth-order valence-corrected chi connectivity index (χ4v) is 3.61. The number of halogens is 1. The SMILES string of the molecule is O=C(c1cc(-c2ccccc2F)nc2ccccc12)N1CCC[C@H]1CO. The van der Waals surface area contributed by atoms with Gasteiger partial charge in [-0.3, -0.25) is 4.79 Å². The molecule has 1 saturated heterocycles. The topological polar surface area (TPSA) is 53.4 Å². The predicted octanol–water partition coefficient (Wildman–Crippen LogP) is 3.64. The summed E-state index contributed by atoms with van der Waals surface area (Å²) in [6.45, 7) is 0.574. The van der Waals surface area contributed by atoms with E-state index in [0.29, 0.717) is 28.9 Å². The first-order valence-electron chi connectivity index (χ1n) is 8.75. The maximum absolute atomic E-state index is 14.3. The van der Waals surface area contributed by atoms with Crippen molar-refractivity contribution in [1.82, 2.24) is 9.88 Å². The van der Waals surface area contributed by atoms with Crippen molar-refractivity contribution < 1.29 is 14.3 Å². The molecule has 5 heteroatoms. The van der Waals surface area contributed by atoms with Crippen molar-refractivity contribution in [3.05, 3.63) is 66.0 Å². The zero-order valence-electron chi connectivity index (χ0n) is 14.2. The van der Waals surface area contributed by atoms with Crippen molar-refractivity contribution in [3.8, 4) is 11.3 Å². The van der Waals surface area contributed by atoms with E-state index in [9.17, 15) is 14.3 Å². The molecular weight excluding hydrogens is 331 g/mol. The lowest BCUT2D eigenvalue weighted by Crippen LogP contribution is -2.37. The number of carbonyl (C=O) groups is 1. The van der Waals surface area contributed by atoms with Crippen LogP contribution in [0.4, 0.5) is 4.39 Å². The molecule has 1 aromatic heterocycles. The summed E-state index contributed by atoms with van der Waals surface area (Å²) in [5.41, 5.74) is 1.95. The van der Waals surface area contributed by atoms with Crippen LogP contribution in [0.15, 0.2) is 54.6 Å². The molecule has 0 radical (unpaired) electrons. The molecule has 2 heterocycles. The Morgan fingerprint density at radius 2 is 1.96 bits per heavy atom. The molecule has 4 nitrogen and oxygen atoms in total. The highest BCUT2D eigenvalue weighted by molar-refractivity contribution is 6.07. The Morgan fingerprint density at radius 1 is 1.19 bits per heavy atom. The lowest BCUT2D eigenvalue weighted by Gasteiger charge is -2.24. The monoisotopic (exact) mass is 350 g/mol. The minimum absolute atomic E-state index is 0.0467. The number of amides is 1.